The van der Waals surface area contributed by atoms with Crippen LogP contribution in [-0.4, -0.2) is 44.0 Å². The molecule has 1 N–H and O–H groups in total. The summed E-state index contributed by atoms with van der Waals surface area (Å²) in [5, 5.41) is 2.93. The molecule has 1 saturated heterocycles. The van der Waals surface area contributed by atoms with Crippen molar-refractivity contribution in [2.24, 2.45) is 0 Å². The summed E-state index contributed by atoms with van der Waals surface area (Å²) < 4.78 is 38.4. The van der Waals surface area contributed by atoms with Gasteiger partial charge in [0.1, 0.15) is 5.82 Å². The normalized spacial score (nSPS) is 17.9. The molecule has 128 valence electrons. The summed E-state index contributed by atoms with van der Waals surface area (Å²) in [7, 11) is -3.18. The lowest BCUT2D eigenvalue weighted by molar-refractivity contribution is -0.126. The SMILES string of the molecule is CC(C)(C(=O)NC1CCN(S(C)(=O)=O)CC1)c1ccccc1F. The molecule has 0 aromatic heterocycles. The van der Waals surface area contributed by atoms with Crippen LogP contribution in [0.25, 0.3) is 0 Å². The number of sulfonamides is 1. The van der Waals surface area contributed by atoms with E-state index in [-0.39, 0.29) is 11.9 Å². The van der Waals surface area contributed by atoms with Crippen LogP contribution in [0, 0.1) is 5.82 Å². The summed E-state index contributed by atoms with van der Waals surface area (Å²) in [6.45, 7) is 4.16. The molecule has 0 saturated carbocycles. The van der Waals surface area contributed by atoms with E-state index < -0.39 is 21.3 Å². The van der Waals surface area contributed by atoms with Gasteiger partial charge >= 0.3 is 0 Å². The molecule has 0 bridgehead atoms. The lowest BCUT2D eigenvalue weighted by Crippen LogP contribution is -2.50. The van der Waals surface area contributed by atoms with Crippen LogP contribution in [-0.2, 0) is 20.2 Å². The number of piperidine rings is 1. The van der Waals surface area contributed by atoms with Crippen molar-refractivity contribution in [3.8, 4) is 0 Å². The van der Waals surface area contributed by atoms with Crippen LogP contribution >= 0.6 is 0 Å². The van der Waals surface area contributed by atoms with Crippen LogP contribution in [0.1, 0.15) is 32.3 Å². The summed E-state index contributed by atoms with van der Waals surface area (Å²) in [5.41, 5.74) is -0.634. The molecule has 0 spiro atoms. The zero-order valence-corrected chi connectivity index (χ0v) is 14.5. The number of hydrogen-bond donors (Lipinski definition) is 1. The standard InChI is InChI=1S/C16H23FN2O3S/c1-16(2,13-6-4-5-7-14(13)17)15(20)18-12-8-10-19(11-9-12)23(3,21)22/h4-7,12H,8-11H2,1-3H3,(H,18,20). The molecular formula is C16H23FN2O3S. The first-order valence-corrected chi connectivity index (χ1v) is 9.48. The molecule has 1 fully saturated rings. The molecular weight excluding hydrogens is 319 g/mol. The van der Waals surface area contributed by atoms with Gasteiger partial charge in [0.25, 0.3) is 0 Å². The molecule has 23 heavy (non-hydrogen) atoms. The van der Waals surface area contributed by atoms with Crippen molar-refractivity contribution >= 4 is 15.9 Å². The number of nitrogens with zero attached hydrogens (tertiary/aromatic N) is 1. The van der Waals surface area contributed by atoms with Gasteiger partial charge in [-0.15, -0.1) is 0 Å². The van der Waals surface area contributed by atoms with Gasteiger partial charge in [-0.25, -0.2) is 17.1 Å². The van der Waals surface area contributed by atoms with Crippen molar-refractivity contribution in [3.63, 3.8) is 0 Å². The highest BCUT2D eigenvalue weighted by molar-refractivity contribution is 7.88. The smallest absolute Gasteiger partial charge is 0.230 e. The Balaban J connectivity index is 2.01. The van der Waals surface area contributed by atoms with Crippen LogP contribution < -0.4 is 5.32 Å². The van der Waals surface area contributed by atoms with E-state index in [1.165, 1.54) is 16.6 Å². The highest BCUT2D eigenvalue weighted by atomic mass is 32.2. The molecule has 7 heteroatoms. The number of rotatable bonds is 4. The highest BCUT2D eigenvalue weighted by Gasteiger charge is 2.34. The van der Waals surface area contributed by atoms with E-state index in [0.717, 1.165) is 0 Å². The first-order chi connectivity index (χ1) is 10.6. The van der Waals surface area contributed by atoms with E-state index >= 15 is 0 Å². The summed E-state index contributed by atoms with van der Waals surface area (Å²) in [4.78, 5) is 12.6. The third-order valence-electron chi connectivity index (χ3n) is 4.37. The molecule has 0 aliphatic carbocycles. The van der Waals surface area contributed by atoms with Gasteiger partial charge in [-0.3, -0.25) is 4.79 Å². The van der Waals surface area contributed by atoms with Gasteiger partial charge in [-0.05, 0) is 32.8 Å². The van der Waals surface area contributed by atoms with Gasteiger partial charge in [0.05, 0.1) is 11.7 Å². The molecule has 0 unspecified atom stereocenters. The third kappa shape index (κ3) is 4.09. The Kier molecular flexibility index (Phi) is 5.10. The molecule has 1 aromatic rings. The van der Waals surface area contributed by atoms with E-state index in [2.05, 4.69) is 5.32 Å². The maximum atomic E-state index is 14.0. The van der Waals surface area contributed by atoms with E-state index in [0.29, 0.717) is 31.5 Å². The second-order valence-electron chi connectivity index (χ2n) is 6.51. The minimum Gasteiger partial charge on any atom is -0.353 e. The molecule has 1 aliphatic heterocycles. The molecule has 1 aromatic carbocycles. The summed E-state index contributed by atoms with van der Waals surface area (Å²) in [6.07, 6.45) is 2.31. The first-order valence-electron chi connectivity index (χ1n) is 7.63. The molecule has 1 heterocycles. The zero-order valence-electron chi connectivity index (χ0n) is 13.7. The predicted octanol–water partition coefficient (Wildman–Crippen LogP) is 1.64. The summed E-state index contributed by atoms with van der Waals surface area (Å²) in [6, 6.07) is 6.16. The summed E-state index contributed by atoms with van der Waals surface area (Å²) >= 11 is 0. The largest absolute Gasteiger partial charge is 0.353 e. The van der Waals surface area contributed by atoms with Gasteiger partial charge in [-0.2, -0.15) is 0 Å². The number of nitrogens with one attached hydrogen (secondary N) is 1. The minimum absolute atomic E-state index is 0.0912. The number of carbonyl (C=O) groups is 1. The fourth-order valence-corrected chi connectivity index (χ4v) is 3.66. The number of hydrogen-bond acceptors (Lipinski definition) is 3. The Hall–Kier alpha value is -1.47. The Bertz CT molecular complexity index is 680. The second-order valence-corrected chi connectivity index (χ2v) is 8.50. The molecule has 1 amide bonds. The van der Waals surface area contributed by atoms with Gasteiger partial charge < -0.3 is 5.32 Å². The van der Waals surface area contributed by atoms with E-state index in [1.807, 2.05) is 0 Å². The van der Waals surface area contributed by atoms with Crippen LogP contribution in [0.2, 0.25) is 0 Å². The lowest BCUT2D eigenvalue weighted by atomic mass is 9.83. The lowest BCUT2D eigenvalue weighted by Gasteiger charge is -2.33. The monoisotopic (exact) mass is 342 g/mol. The average molecular weight is 342 g/mol. The maximum absolute atomic E-state index is 14.0. The minimum atomic E-state index is -3.18. The van der Waals surface area contributed by atoms with Crippen LogP contribution in [0.4, 0.5) is 4.39 Å². The Morgan fingerprint density at radius 1 is 1.26 bits per heavy atom. The Labute approximate surface area is 136 Å². The quantitative estimate of drug-likeness (QED) is 0.905. The van der Waals surface area contributed by atoms with E-state index in [9.17, 15) is 17.6 Å². The van der Waals surface area contributed by atoms with Gasteiger partial charge in [0, 0.05) is 24.7 Å². The first kappa shape index (κ1) is 17.9. The molecule has 1 aliphatic rings. The zero-order chi connectivity index (χ0) is 17.3. The molecule has 0 radical (unpaired) electrons. The molecule has 2 rings (SSSR count). The van der Waals surface area contributed by atoms with Crippen molar-refractivity contribution in [2.45, 2.75) is 38.1 Å². The van der Waals surface area contributed by atoms with Gasteiger partial charge in [-0.1, -0.05) is 18.2 Å². The topological polar surface area (TPSA) is 66.5 Å². The molecule has 5 nitrogen and oxygen atoms in total. The van der Waals surface area contributed by atoms with Crippen LogP contribution in [0.15, 0.2) is 24.3 Å². The van der Waals surface area contributed by atoms with E-state index in [1.54, 1.807) is 32.0 Å². The third-order valence-corrected chi connectivity index (χ3v) is 5.68. The van der Waals surface area contributed by atoms with Crippen molar-refractivity contribution in [2.75, 3.05) is 19.3 Å². The van der Waals surface area contributed by atoms with Gasteiger partial charge in [0.2, 0.25) is 15.9 Å². The number of halogens is 1. The van der Waals surface area contributed by atoms with Crippen molar-refractivity contribution in [1.29, 1.82) is 0 Å². The average Bonchev–Trinajstić information content (AvgIpc) is 2.47. The van der Waals surface area contributed by atoms with Crippen molar-refractivity contribution in [3.05, 3.63) is 35.6 Å². The van der Waals surface area contributed by atoms with Crippen LogP contribution in [0.3, 0.4) is 0 Å². The van der Waals surface area contributed by atoms with Gasteiger partial charge in [0.15, 0.2) is 0 Å². The molecule has 0 atom stereocenters. The fourth-order valence-electron chi connectivity index (χ4n) is 2.79. The fraction of sp³-hybridized carbons (Fsp3) is 0.562. The highest BCUT2D eigenvalue weighted by Crippen LogP contribution is 2.26. The van der Waals surface area contributed by atoms with Crippen molar-refractivity contribution in [1.82, 2.24) is 9.62 Å². The number of amides is 1. The number of benzene rings is 1. The predicted molar refractivity (Wildman–Crippen MR) is 87.0 cm³/mol. The Morgan fingerprint density at radius 3 is 2.35 bits per heavy atom. The van der Waals surface area contributed by atoms with E-state index in [4.69, 9.17) is 0 Å². The second kappa shape index (κ2) is 6.57. The van der Waals surface area contributed by atoms with Crippen molar-refractivity contribution < 1.29 is 17.6 Å². The summed E-state index contributed by atoms with van der Waals surface area (Å²) in [5.74, 6) is -0.653. The van der Waals surface area contributed by atoms with Crippen LogP contribution in [0.5, 0.6) is 0 Å². The number of carbonyl (C=O) groups excluding carboxylic acids is 1. The Morgan fingerprint density at radius 2 is 1.83 bits per heavy atom. The maximum Gasteiger partial charge on any atom is 0.230 e.